The highest BCUT2D eigenvalue weighted by Crippen LogP contribution is 2.23. The van der Waals surface area contributed by atoms with Gasteiger partial charge in [0, 0.05) is 13.3 Å². The Morgan fingerprint density at radius 2 is 1.81 bits per heavy atom. The third kappa shape index (κ3) is 8.98. The minimum absolute atomic E-state index is 0.0595. The number of nitrogens with one attached hydrogen (secondary N) is 1. The second kappa shape index (κ2) is 14.0. The summed E-state index contributed by atoms with van der Waals surface area (Å²) in [5.41, 5.74) is 0. The Labute approximate surface area is 161 Å². The molecule has 1 aliphatic heterocycles. The van der Waals surface area contributed by atoms with Crippen molar-refractivity contribution >= 4 is 12.1 Å². The second-order valence-electron chi connectivity index (χ2n) is 7.69. The third-order valence-corrected chi connectivity index (χ3v) is 5.65. The minimum atomic E-state index is 0.0595. The molecule has 0 aromatic carbocycles. The maximum atomic E-state index is 11.1. The van der Waals surface area contributed by atoms with Gasteiger partial charge < -0.3 is 5.32 Å². The van der Waals surface area contributed by atoms with Crippen LogP contribution in [0.15, 0.2) is 17.1 Å². The van der Waals surface area contributed by atoms with Gasteiger partial charge in [-0.15, -0.1) is 0 Å². The lowest BCUT2D eigenvalue weighted by atomic mass is 10.1. The summed E-state index contributed by atoms with van der Waals surface area (Å²) in [7, 11) is 0. The number of carbonyl (C=O) groups is 1. The summed E-state index contributed by atoms with van der Waals surface area (Å²) in [4.78, 5) is 15.9. The van der Waals surface area contributed by atoms with Crippen LogP contribution in [0.5, 0.6) is 0 Å². The highest BCUT2D eigenvalue weighted by Gasteiger charge is 2.37. The highest BCUT2D eigenvalue weighted by atomic mass is 16.1. The summed E-state index contributed by atoms with van der Waals surface area (Å²) in [6, 6.07) is 0. The molecule has 0 radical (unpaired) electrons. The van der Waals surface area contributed by atoms with Gasteiger partial charge in [0.1, 0.15) is 6.54 Å². The van der Waals surface area contributed by atoms with E-state index in [4.69, 9.17) is 4.99 Å². The van der Waals surface area contributed by atoms with Crippen molar-refractivity contribution in [2.24, 2.45) is 4.99 Å². The molecule has 0 aromatic heterocycles. The first-order valence-electron chi connectivity index (χ1n) is 10.9. The molecule has 1 amide bonds. The quantitative estimate of drug-likeness (QED) is 0.252. The van der Waals surface area contributed by atoms with Gasteiger partial charge >= 0.3 is 0 Å². The van der Waals surface area contributed by atoms with Crippen molar-refractivity contribution in [3.8, 4) is 0 Å². The maximum absolute atomic E-state index is 11.1. The molecule has 4 nitrogen and oxygen atoms in total. The molecule has 0 aliphatic carbocycles. The average molecular weight is 365 g/mol. The van der Waals surface area contributed by atoms with E-state index in [2.05, 4.69) is 37.5 Å². The predicted molar refractivity (Wildman–Crippen MR) is 112 cm³/mol. The molecular formula is C22H42N3O+. The van der Waals surface area contributed by atoms with Gasteiger partial charge in [-0.25, -0.2) is 4.99 Å². The largest absolute Gasteiger partial charge is 0.351 e. The number of amides is 1. The monoisotopic (exact) mass is 364 g/mol. The van der Waals surface area contributed by atoms with E-state index in [-0.39, 0.29) is 5.91 Å². The fourth-order valence-electron chi connectivity index (χ4n) is 3.84. The van der Waals surface area contributed by atoms with Crippen molar-refractivity contribution in [2.75, 3.05) is 26.2 Å². The van der Waals surface area contributed by atoms with Crippen molar-refractivity contribution in [1.82, 2.24) is 5.32 Å². The molecule has 0 spiro atoms. The average Bonchev–Trinajstić information content (AvgIpc) is 3.02. The minimum Gasteiger partial charge on any atom is -0.351 e. The molecule has 26 heavy (non-hydrogen) atoms. The van der Waals surface area contributed by atoms with Gasteiger partial charge in [-0.1, -0.05) is 57.6 Å². The number of nitrogens with zero attached hydrogens (tertiary/aromatic N) is 2. The summed E-state index contributed by atoms with van der Waals surface area (Å²) < 4.78 is 0.992. The van der Waals surface area contributed by atoms with Crippen molar-refractivity contribution in [3.63, 3.8) is 0 Å². The van der Waals surface area contributed by atoms with Crippen LogP contribution in [0.2, 0.25) is 0 Å². The van der Waals surface area contributed by atoms with Crippen molar-refractivity contribution < 1.29 is 9.28 Å². The summed E-state index contributed by atoms with van der Waals surface area (Å²) in [5.74, 6) is 0.0595. The molecule has 1 rings (SSSR count). The predicted octanol–water partition coefficient (Wildman–Crippen LogP) is 4.85. The number of hydrogen-bond acceptors (Lipinski definition) is 2. The highest BCUT2D eigenvalue weighted by molar-refractivity contribution is 5.72. The number of rotatable bonds is 15. The fourth-order valence-corrected chi connectivity index (χ4v) is 3.84. The first-order valence-corrected chi connectivity index (χ1v) is 10.9. The van der Waals surface area contributed by atoms with Gasteiger partial charge in [0.2, 0.25) is 5.91 Å². The van der Waals surface area contributed by atoms with Crippen LogP contribution >= 0.6 is 0 Å². The number of carbonyl (C=O) groups excluding carboxylic acids is 1. The lowest BCUT2D eigenvalue weighted by Crippen LogP contribution is -2.55. The molecule has 1 heterocycles. The second-order valence-corrected chi connectivity index (χ2v) is 7.69. The molecule has 0 fully saturated rings. The van der Waals surface area contributed by atoms with Crippen LogP contribution in [-0.2, 0) is 4.79 Å². The molecule has 150 valence electrons. The van der Waals surface area contributed by atoms with Gasteiger partial charge in [-0.3, -0.25) is 9.28 Å². The molecule has 1 aliphatic rings. The summed E-state index contributed by atoms with van der Waals surface area (Å²) in [6.07, 6.45) is 20.2. The van der Waals surface area contributed by atoms with Gasteiger partial charge in [0.05, 0.1) is 25.8 Å². The van der Waals surface area contributed by atoms with E-state index in [1.54, 1.807) is 6.92 Å². The molecule has 0 saturated carbocycles. The molecule has 2 unspecified atom stereocenters. The first kappa shape index (κ1) is 22.9. The van der Waals surface area contributed by atoms with Gasteiger partial charge in [-0.05, 0) is 26.2 Å². The number of unbranched alkanes of at least 4 members (excludes halogenated alkanes) is 7. The SMILES string of the molecule is CCCCCCCCC/C=C/CCC1N=CC[N+]1(CC)CCNC(C)=O. The molecular weight excluding hydrogens is 322 g/mol. The number of aliphatic imine (C=N–C) groups is 1. The van der Waals surface area contributed by atoms with Crippen LogP contribution in [0, 0.1) is 0 Å². The molecule has 2 atom stereocenters. The van der Waals surface area contributed by atoms with E-state index in [1.807, 2.05) is 0 Å². The Kier molecular flexibility index (Phi) is 12.3. The Morgan fingerprint density at radius 1 is 1.12 bits per heavy atom. The Bertz CT molecular complexity index is 433. The van der Waals surface area contributed by atoms with Crippen LogP contribution in [-0.4, -0.2) is 48.9 Å². The van der Waals surface area contributed by atoms with Crippen LogP contribution < -0.4 is 5.32 Å². The smallest absolute Gasteiger partial charge is 0.217 e. The van der Waals surface area contributed by atoms with Crippen molar-refractivity contribution in [1.29, 1.82) is 0 Å². The summed E-state index contributed by atoms with van der Waals surface area (Å²) in [5, 5.41) is 2.94. The van der Waals surface area contributed by atoms with Crippen LogP contribution in [0.1, 0.15) is 85.0 Å². The summed E-state index contributed by atoms with van der Waals surface area (Å²) >= 11 is 0. The van der Waals surface area contributed by atoms with Gasteiger partial charge in [-0.2, -0.15) is 0 Å². The van der Waals surface area contributed by atoms with Gasteiger partial charge in [0.25, 0.3) is 0 Å². The Morgan fingerprint density at radius 3 is 2.50 bits per heavy atom. The first-order chi connectivity index (χ1) is 12.6. The molecule has 0 aromatic rings. The van der Waals surface area contributed by atoms with Crippen LogP contribution in [0.25, 0.3) is 0 Å². The number of likely N-dealkylation sites (N-methyl/N-ethyl adjacent to an activating group) is 1. The van der Waals surface area contributed by atoms with Gasteiger partial charge in [0.15, 0.2) is 6.17 Å². The third-order valence-electron chi connectivity index (χ3n) is 5.65. The van der Waals surface area contributed by atoms with Crippen LogP contribution in [0.3, 0.4) is 0 Å². The Hall–Kier alpha value is -1.16. The zero-order chi connectivity index (χ0) is 19.1. The zero-order valence-corrected chi connectivity index (χ0v) is 17.5. The van der Waals surface area contributed by atoms with Crippen molar-refractivity contribution in [3.05, 3.63) is 12.2 Å². The van der Waals surface area contributed by atoms with E-state index in [1.165, 1.54) is 51.4 Å². The lowest BCUT2D eigenvalue weighted by Gasteiger charge is -2.38. The van der Waals surface area contributed by atoms with E-state index in [0.29, 0.717) is 6.17 Å². The molecule has 0 saturated heterocycles. The van der Waals surface area contributed by atoms with E-state index in [0.717, 1.165) is 43.5 Å². The van der Waals surface area contributed by atoms with E-state index < -0.39 is 0 Å². The van der Waals surface area contributed by atoms with Crippen molar-refractivity contribution in [2.45, 2.75) is 91.1 Å². The van der Waals surface area contributed by atoms with E-state index in [9.17, 15) is 4.79 Å². The fraction of sp³-hybridized carbons (Fsp3) is 0.818. The molecule has 4 heteroatoms. The lowest BCUT2D eigenvalue weighted by molar-refractivity contribution is -0.935. The van der Waals surface area contributed by atoms with E-state index >= 15 is 0 Å². The number of allylic oxidation sites excluding steroid dienone is 2. The standard InChI is InChI=1S/C22H41N3O/c1-4-6-7-8-9-10-11-12-13-14-15-16-22-24-18-20-25(22,5-2)19-17-23-21(3)26/h13-14,18,22H,4-12,15-17,19-20H2,1-3H3/p+1/b14-13+. The topological polar surface area (TPSA) is 41.5 Å². The molecule has 1 N–H and O–H groups in total. The maximum Gasteiger partial charge on any atom is 0.217 e. The van der Waals surface area contributed by atoms with Crippen LogP contribution in [0.4, 0.5) is 0 Å². The Balaban J connectivity index is 2.17. The number of quaternary nitrogens is 1. The summed E-state index contributed by atoms with van der Waals surface area (Å²) in [6.45, 7) is 9.90. The number of hydrogen-bond donors (Lipinski definition) is 1. The molecule has 0 bridgehead atoms. The normalized spacial score (nSPS) is 22.3. The zero-order valence-electron chi connectivity index (χ0n) is 17.5.